The van der Waals surface area contributed by atoms with E-state index >= 15 is 0 Å². The van der Waals surface area contributed by atoms with Gasteiger partial charge in [-0.2, -0.15) is 0 Å². The van der Waals surface area contributed by atoms with Crippen LogP contribution in [-0.4, -0.2) is 23.1 Å². The molecule has 4 rings (SSSR count). The van der Waals surface area contributed by atoms with E-state index in [1.54, 1.807) is 6.07 Å². The first-order valence-electron chi connectivity index (χ1n) is 8.61. The summed E-state index contributed by atoms with van der Waals surface area (Å²) in [5.74, 6) is 0.976. The van der Waals surface area contributed by atoms with Gasteiger partial charge in [0.05, 0.1) is 27.6 Å². The fourth-order valence-electron chi connectivity index (χ4n) is 3.96. The smallest absolute Gasteiger partial charge is 0.147 e. The van der Waals surface area contributed by atoms with E-state index in [9.17, 15) is 0 Å². The fourth-order valence-corrected chi connectivity index (χ4v) is 4.35. The SMILES string of the molecule is Cc1nc(N2CCC3(CCC3)CC2)cnc1-c1cccc(Cl)c1Cl. The third kappa shape index (κ3) is 2.78. The third-order valence-electron chi connectivity index (χ3n) is 5.70. The molecule has 126 valence electrons. The summed E-state index contributed by atoms with van der Waals surface area (Å²) in [6, 6.07) is 5.61. The highest BCUT2D eigenvalue weighted by molar-refractivity contribution is 6.43. The van der Waals surface area contributed by atoms with Gasteiger partial charge in [0.15, 0.2) is 0 Å². The molecule has 0 N–H and O–H groups in total. The lowest BCUT2D eigenvalue weighted by molar-refractivity contribution is 0.0953. The molecule has 0 unspecified atom stereocenters. The Balaban J connectivity index is 1.57. The summed E-state index contributed by atoms with van der Waals surface area (Å²) >= 11 is 12.5. The first-order valence-corrected chi connectivity index (χ1v) is 9.37. The molecule has 1 aromatic carbocycles. The van der Waals surface area contributed by atoms with Crippen LogP contribution in [0.25, 0.3) is 11.3 Å². The second-order valence-electron chi connectivity index (χ2n) is 7.10. The molecule has 2 aromatic rings. The van der Waals surface area contributed by atoms with Crippen molar-refractivity contribution in [3.8, 4) is 11.3 Å². The van der Waals surface area contributed by atoms with Crippen molar-refractivity contribution in [3.63, 3.8) is 0 Å². The number of rotatable bonds is 2. The molecule has 2 aliphatic rings. The van der Waals surface area contributed by atoms with Gasteiger partial charge in [0.2, 0.25) is 0 Å². The molecule has 1 aromatic heterocycles. The van der Waals surface area contributed by atoms with Gasteiger partial charge in [-0.1, -0.05) is 41.8 Å². The summed E-state index contributed by atoms with van der Waals surface area (Å²) in [5.41, 5.74) is 3.18. The summed E-state index contributed by atoms with van der Waals surface area (Å²) in [7, 11) is 0. The summed E-state index contributed by atoms with van der Waals surface area (Å²) in [6.45, 7) is 4.16. The Kier molecular flexibility index (Phi) is 4.17. The molecule has 1 aliphatic carbocycles. The minimum atomic E-state index is 0.536. The third-order valence-corrected chi connectivity index (χ3v) is 6.52. The summed E-state index contributed by atoms with van der Waals surface area (Å²) in [5, 5.41) is 1.08. The highest BCUT2D eigenvalue weighted by atomic mass is 35.5. The van der Waals surface area contributed by atoms with Crippen LogP contribution in [-0.2, 0) is 0 Å². The van der Waals surface area contributed by atoms with Crippen molar-refractivity contribution in [2.24, 2.45) is 5.41 Å². The molecule has 5 heteroatoms. The first kappa shape index (κ1) is 16.2. The van der Waals surface area contributed by atoms with E-state index in [4.69, 9.17) is 28.2 Å². The van der Waals surface area contributed by atoms with Gasteiger partial charge in [-0.25, -0.2) is 4.98 Å². The zero-order valence-corrected chi connectivity index (χ0v) is 15.4. The number of aryl methyl sites for hydroxylation is 1. The number of nitrogens with zero attached hydrogens (tertiary/aromatic N) is 3. The van der Waals surface area contributed by atoms with Crippen LogP contribution < -0.4 is 4.90 Å². The maximum atomic E-state index is 6.33. The number of aromatic nitrogens is 2. The lowest BCUT2D eigenvalue weighted by Gasteiger charge is -2.48. The van der Waals surface area contributed by atoms with E-state index in [0.29, 0.717) is 15.5 Å². The molecular formula is C19H21Cl2N3. The molecule has 1 spiro atoms. The number of piperidine rings is 1. The summed E-state index contributed by atoms with van der Waals surface area (Å²) < 4.78 is 0. The van der Waals surface area contributed by atoms with Crippen LogP contribution in [0.5, 0.6) is 0 Å². The van der Waals surface area contributed by atoms with Crippen molar-refractivity contribution in [1.29, 1.82) is 0 Å². The van der Waals surface area contributed by atoms with Gasteiger partial charge in [-0.05, 0) is 44.1 Å². The average Bonchev–Trinajstić information content (AvgIpc) is 2.56. The summed E-state index contributed by atoms with van der Waals surface area (Å²) in [6.07, 6.45) is 8.69. The van der Waals surface area contributed by atoms with Crippen molar-refractivity contribution in [2.75, 3.05) is 18.0 Å². The fraction of sp³-hybridized carbons (Fsp3) is 0.474. The highest BCUT2D eigenvalue weighted by Crippen LogP contribution is 2.49. The van der Waals surface area contributed by atoms with E-state index in [-0.39, 0.29) is 0 Å². The van der Waals surface area contributed by atoms with Crippen molar-refractivity contribution < 1.29 is 0 Å². The van der Waals surface area contributed by atoms with Crippen LogP contribution in [0.15, 0.2) is 24.4 Å². The van der Waals surface area contributed by atoms with Crippen molar-refractivity contribution >= 4 is 29.0 Å². The van der Waals surface area contributed by atoms with Gasteiger partial charge >= 0.3 is 0 Å². The van der Waals surface area contributed by atoms with Gasteiger partial charge in [-0.15, -0.1) is 0 Å². The summed E-state index contributed by atoms with van der Waals surface area (Å²) in [4.78, 5) is 11.8. The van der Waals surface area contributed by atoms with Crippen LogP contribution in [0, 0.1) is 12.3 Å². The molecule has 0 atom stereocenters. The van der Waals surface area contributed by atoms with Gasteiger partial charge in [0.1, 0.15) is 5.82 Å². The van der Waals surface area contributed by atoms with Crippen molar-refractivity contribution in [2.45, 2.75) is 39.0 Å². The van der Waals surface area contributed by atoms with Gasteiger partial charge in [0.25, 0.3) is 0 Å². The number of hydrogen-bond acceptors (Lipinski definition) is 3. The van der Waals surface area contributed by atoms with Gasteiger partial charge in [0, 0.05) is 18.7 Å². The number of benzene rings is 1. The zero-order valence-electron chi connectivity index (χ0n) is 13.9. The topological polar surface area (TPSA) is 29.0 Å². The molecular weight excluding hydrogens is 341 g/mol. The molecule has 0 radical (unpaired) electrons. The van der Waals surface area contributed by atoms with Crippen LogP contribution >= 0.6 is 23.2 Å². The van der Waals surface area contributed by atoms with Crippen LogP contribution in [0.2, 0.25) is 10.0 Å². The van der Waals surface area contributed by atoms with E-state index in [2.05, 4.69) is 9.88 Å². The molecule has 3 nitrogen and oxygen atoms in total. The largest absolute Gasteiger partial charge is 0.355 e. The molecule has 1 aliphatic heterocycles. The number of hydrogen-bond donors (Lipinski definition) is 0. The Hall–Kier alpha value is -1.32. The van der Waals surface area contributed by atoms with E-state index < -0.39 is 0 Å². The molecule has 2 fully saturated rings. The van der Waals surface area contributed by atoms with E-state index in [1.807, 2.05) is 25.3 Å². The second kappa shape index (κ2) is 6.20. The average molecular weight is 362 g/mol. The molecule has 1 saturated carbocycles. The Labute approximate surface area is 153 Å². The molecule has 24 heavy (non-hydrogen) atoms. The van der Waals surface area contributed by atoms with Crippen molar-refractivity contribution in [3.05, 3.63) is 40.1 Å². The molecule has 0 amide bonds. The van der Waals surface area contributed by atoms with Crippen LogP contribution in [0.1, 0.15) is 37.8 Å². The predicted octanol–water partition coefficient (Wildman–Crippen LogP) is 5.53. The Morgan fingerprint density at radius 1 is 1.08 bits per heavy atom. The lowest BCUT2D eigenvalue weighted by atomic mass is 9.63. The minimum Gasteiger partial charge on any atom is -0.355 e. The molecule has 1 saturated heterocycles. The lowest BCUT2D eigenvalue weighted by Crippen LogP contribution is -2.44. The maximum absolute atomic E-state index is 6.33. The molecule has 0 bridgehead atoms. The monoisotopic (exact) mass is 361 g/mol. The Morgan fingerprint density at radius 2 is 1.83 bits per heavy atom. The normalized spacial score (nSPS) is 19.4. The number of anilines is 1. The molecule has 2 heterocycles. The minimum absolute atomic E-state index is 0.536. The second-order valence-corrected chi connectivity index (χ2v) is 7.89. The Bertz CT molecular complexity index is 761. The quantitative estimate of drug-likeness (QED) is 0.703. The highest BCUT2D eigenvalue weighted by Gasteiger charge is 2.39. The zero-order chi connectivity index (χ0) is 16.7. The standard InChI is InChI=1S/C19H21Cl2N3/c1-13-18(14-4-2-5-15(20)17(14)21)22-12-16(23-13)24-10-8-19(9-11-24)6-3-7-19/h2,4-5,12H,3,6-11H2,1H3. The predicted molar refractivity (Wildman–Crippen MR) is 100.0 cm³/mol. The van der Waals surface area contributed by atoms with E-state index in [1.165, 1.54) is 32.1 Å². The van der Waals surface area contributed by atoms with E-state index in [0.717, 1.165) is 35.9 Å². The van der Waals surface area contributed by atoms with Gasteiger partial charge < -0.3 is 4.90 Å². The van der Waals surface area contributed by atoms with Crippen LogP contribution in [0.3, 0.4) is 0 Å². The number of halogens is 2. The van der Waals surface area contributed by atoms with Gasteiger partial charge in [-0.3, -0.25) is 4.98 Å². The maximum Gasteiger partial charge on any atom is 0.147 e. The first-order chi connectivity index (χ1) is 11.6. The van der Waals surface area contributed by atoms with Crippen molar-refractivity contribution in [1.82, 2.24) is 9.97 Å². The van der Waals surface area contributed by atoms with Crippen LogP contribution in [0.4, 0.5) is 5.82 Å². The Morgan fingerprint density at radius 3 is 2.46 bits per heavy atom.